The Labute approximate surface area is 254 Å². The van der Waals surface area contributed by atoms with E-state index in [-0.39, 0.29) is 0 Å². The van der Waals surface area contributed by atoms with Gasteiger partial charge in [-0.1, -0.05) is 0 Å². The van der Waals surface area contributed by atoms with Gasteiger partial charge in [-0.05, 0) is 0 Å². The van der Waals surface area contributed by atoms with E-state index in [1.807, 2.05) is 0 Å². The number of aliphatic hydroxyl groups excluding tert-OH is 14. The van der Waals surface area contributed by atoms with E-state index in [2.05, 4.69) is 0 Å². The van der Waals surface area contributed by atoms with Crippen LogP contribution in [-0.4, -0.2) is 221 Å². The molecule has 4 saturated heterocycles. The third kappa shape index (κ3) is 7.59. The van der Waals surface area contributed by atoms with E-state index in [4.69, 9.17) is 33.2 Å². The second-order valence-corrected chi connectivity index (χ2v) is 11.2. The Balaban J connectivity index is 1.56. The van der Waals surface area contributed by atoms with Crippen LogP contribution in [0.3, 0.4) is 0 Å². The number of hydrogen-bond acceptors (Lipinski definition) is 21. The van der Waals surface area contributed by atoms with Gasteiger partial charge in [0.25, 0.3) is 0 Å². The molecule has 20 atom stereocenters. The van der Waals surface area contributed by atoms with E-state index >= 15 is 0 Å². The highest BCUT2D eigenvalue weighted by molar-refractivity contribution is 4.97. The predicted molar refractivity (Wildman–Crippen MR) is 134 cm³/mol. The van der Waals surface area contributed by atoms with Crippen molar-refractivity contribution in [1.82, 2.24) is 0 Å². The molecule has 0 saturated carbocycles. The monoisotopic (exact) mass is 666 g/mol. The second kappa shape index (κ2) is 15.6. The van der Waals surface area contributed by atoms with Gasteiger partial charge in [-0.15, -0.1) is 0 Å². The van der Waals surface area contributed by atoms with E-state index in [1.54, 1.807) is 0 Å². The molecule has 4 fully saturated rings. The first-order valence-corrected chi connectivity index (χ1v) is 14.1. The van der Waals surface area contributed by atoms with E-state index in [9.17, 15) is 71.5 Å². The minimum absolute atomic E-state index is 0.761. The van der Waals surface area contributed by atoms with E-state index in [0.29, 0.717) is 0 Å². The summed E-state index contributed by atoms with van der Waals surface area (Å²) in [7, 11) is 0. The molecule has 4 rings (SSSR count). The summed E-state index contributed by atoms with van der Waals surface area (Å²) in [5.41, 5.74) is 0. The fraction of sp³-hybridized carbons (Fsp3) is 1.00. The Hall–Kier alpha value is -0.840. The molecule has 45 heavy (non-hydrogen) atoms. The molecule has 4 aliphatic rings. The zero-order valence-electron chi connectivity index (χ0n) is 23.5. The van der Waals surface area contributed by atoms with Crippen molar-refractivity contribution in [1.29, 1.82) is 0 Å². The van der Waals surface area contributed by atoms with Gasteiger partial charge >= 0.3 is 0 Å². The van der Waals surface area contributed by atoms with Crippen molar-refractivity contribution in [3.05, 3.63) is 0 Å². The molecule has 0 aliphatic carbocycles. The van der Waals surface area contributed by atoms with Crippen LogP contribution >= 0.6 is 0 Å². The molecule has 0 bridgehead atoms. The van der Waals surface area contributed by atoms with Gasteiger partial charge in [0.15, 0.2) is 25.2 Å². The van der Waals surface area contributed by atoms with Crippen molar-refractivity contribution in [3.63, 3.8) is 0 Å². The van der Waals surface area contributed by atoms with Gasteiger partial charge in [-0.25, -0.2) is 0 Å². The minimum Gasteiger partial charge on any atom is -0.394 e. The first kappa shape index (κ1) is 37.0. The topological polar surface area (TPSA) is 348 Å². The highest BCUT2D eigenvalue weighted by atomic mass is 16.8. The van der Waals surface area contributed by atoms with Gasteiger partial charge in [0.1, 0.15) is 97.7 Å². The van der Waals surface area contributed by atoms with Gasteiger partial charge in [0.2, 0.25) is 0 Å². The standard InChI is InChI=1S/C24H42O21/c25-1-5-9(28)11(30)16(35)22(41-5)39-4-8-20(45-23-17(36)12(31)10(29)6(2-26)42-23)14(33)18(37)24(43-8)44-19-7(3-27)40-21(38)15(34)13(19)32/h5-38H,1-4H2. The van der Waals surface area contributed by atoms with Crippen molar-refractivity contribution >= 4 is 0 Å². The number of hydrogen-bond donors (Lipinski definition) is 14. The minimum atomic E-state index is -2.06. The van der Waals surface area contributed by atoms with E-state index in [1.165, 1.54) is 0 Å². The molecule has 21 heteroatoms. The van der Waals surface area contributed by atoms with Gasteiger partial charge in [0, 0.05) is 0 Å². The fourth-order valence-corrected chi connectivity index (χ4v) is 5.44. The lowest BCUT2D eigenvalue weighted by atomic mass is 9.96. The first-order valence-electron chi connectivity index (χ1n) is 14.1. The van der Waals surface area contributed by atoms with Crippen LogP contribution in [0.1, 0.15) is 0 Å². The Morgan fingerprint density at radius 3 is 1.29 bits per heavy atom. The highest BCUT2D eigenvalue weighted by Crippen LogP contribution is 2.33. The molecule has 14 N–H and O–H groups in total. The molecule has 0 aromatic carbocycles. The van der Waals surface area contributed by atoms with Gasteiger partial charge in [0.05, 0.1) is 26.4 Å². The van der Waals surface area contributed by atoms with Crippen molar-refractivity contribution in [2.45, 2.75) is 123 Å². The van der Waals surface area contributed by atoms with E-state index in [0.717, 1.165) is 0 Å². The van der Waals surface area contributed by atoms with Gasteiger partial charge < -0.3 is 105 Å². The van der Waals surface area contributed by atoms with Crippen LogP contribution in [0, 0.1) is 0 Å². The van der Waals surface area contributed by atoms with Crippen molar-refractivity contribution in [2.75, 3.05) is 26.4 Å². The molecular formula is C24H42O21. The quantitative estimate of drug-likeness (QED) is 0.103. The molecular weight excluding hydrogens is 624 g/mol. The third-order valence-electron chi connectivity index (χ3n) is 8.18. The molecule has 4 aliphatic heterocycles. The van der Waals surface area contributed by atoms with Gasteiger partial charge in [-0.2, -0.15) is 0 Å². The number of rotatable bonds is 10. The summed E-state index contributed by atoms with van der Waals surface area (Å²) in [6.45, 7) is -3.21. The fourth-order valence-electron chi connectivity index (χ4n) is 5.44. The van der Waals surface area contributed by atoms with Crippen molar-refractivity contribution < 1.29 is 105 Å². The van der Waals surface area contributed by atoms with E-state index < -0.39 is 149 Å². The maximum absolute atomic E-state index is 11.1. The Bertz CT molecular complexity index is 912. The molecule has 20 unspecified atom stereocenters. The molecule has 4 heterocycles. The molecule has 0 aromatic heterocycles. The molecule has 264 valence electrons. The summed E-state index contributed by atoms with van der Waals surface area (Å²) < 4.78 is 38.0. The van der Waals surface area contributed by atoms with Crippen LogP contribution < -0.4 is 0 Å². The Morgan fingerprint density at radius 2 is 0.778 bits per heavy atom. The van der Waals surface area contributed by atoms with Crippen molar-refractivity contribution in [2.24, 2.45) is 0 Å². The van der Waals surface area contributed by atoms with Crippen LogP contribution in [0.4, 0.5) is 0 Å². The van der Waals surface area contributed by atoms with Gasteiger partial charge in [-0.3, -0.25) is 0 Å². The average Bonchev–Trinajstić information content (AvgIpc) is 3.03. The zero-order valence-corrected chi connectivity index (χ0v) is 23.5. The normalized spacial score (nSPS) is 52.9. The number of aliphatic hydroxyl groups is 14. The maximum atomic E-state index is 11.1. The smallest absolute Gasteiger partial charge is 0.187 e. The largest absolute Gasteiger partial charge is 0.394 e. The lowest BCUT2D eigenvalue weighted by Crippen LogP contribution is -2.67. The Kier molecular flexibility index (Phi) is 12.8. The second-order valence-electron chi connectivity index (χ2n) is 11.2. The predicted octanol–water partition coefficient (Wildman–Crippen LogP) is -9.75. The SMILES string of the molecule is OCC1OC(OCC2OC(OC3C(CO)OC(O)C(O)C3O)C(O)C(O)C2OC2OC(CO)C(O)C(O)C2O)C(O)C(O)C1O. The molecule has 0 radical (unpaired) electrons. The molecule has 0 spiro atoms. The zero-order chi connectivity index (χ0) is 33.3. The molecule has 21 nitrogen and oxygen atoms in total. The molecule has 0 amide bonds. The molecule has 0 aromatic rings. The summed E-state index contributed by atoms with van der Waals surface area (Å²) in [5.74, 6) is 0. The lowest BCUT2D eigenvalue weighted by Gasteiger charge is -2.48. The lowest BCUT2D eigenvalue weighted by molar-refractivity contribution is -0.383. The summed E-state index contributed by atoms with van der Waals surface area (Å²) in [6, 6.07) is 0. The van der Waals surface area contributed by atoms with Crippen LogP contribution in [0.2, 0.25) is 0 Å². The van der Waals surface area contributed by atoms with Crippen LogP contribution in [0.25, 0.3) is 0 Å². The Morgan fingerprint density at radius 1 is 0.378 bits per heavy atom. The van der Waals surface area contributed by atoms with Crippen LogP contribution in [0.5, 0.6) is 0 Å². The summed E-state index contributed by atoms with van der Waals surface area (Å²) in [6.07, 6.45) is -35.6. The summed E-state index contributed by atoms with van der Waals surface area (Å²) in [5, 5.41) is 142. The van der Waals surface area contributed by atoms with Crippen LogP contribution in [-0.2, 0) is 33.2 Å². The number of ether oxygens (including phenoxy) is 7. The first-order chi connectivity index (χ1) is 21.2. The van der Waals surface area contributed by atoms with Crippen molar-refractivity contribution in [3.8, 4) is 0 Å². The summed E-state index contributed by atoms with van der Waals surface area (Å²) >= 11 is 0. The highest BCUT2D eigenvalue weighted by Gasteiger charge is 2.54. The summed E-state index contributed by atoms with van der Waals surface area (Å²) in [4.78, 5) is 0. The maximum Gasteiger partial charge on any atom is 0.187 e. The third-order valence-corrected chi connectivity index (χ3v) is 8.18. The average molecular weight is 667 g/mol. The van der Waals surface area contributed by atoms with Crippen LogP contribution in [0.15, 0.2) is 0 Å².